The van der Waals surface area contributed by atoms with Crippen LogP contribution >= 0.6 is 0 Å². The standard InChI is InChI=1S/C28H27N7O2/c1-36-24-8-4-5-9-25(24)37-28-31-22-6-2-3-7-23(22)35(28)26-14-15-30-27(32-26)34-18-16-33(17-19-34)21-12-10-20(29)11-13-21/h2-15H,16-19,29H2,1H3. The molecule has 5 aromatic rings. The van der Waals surface area contributed by atoms with E-state index in [2.05, 4.69) is 26.9 Å². The molecule has 0 atom stereocenters. The van der Waals surface area contributed by atoms with Gasteiger partial charge in [-0.15, -0.1) is 0 Å². The Morgan fingerprint density at radius 2 is 1.46 bits per heavy atom. The predicted octanol–water partition coefficient (Wildman–Crippen LogP) is 4.53. The van der Waals surface area contributed by atoms with Gasteiger partial charge >= 0.3 is 6.01 Å². The number of nitrogens with two attached hydrogens (primary N) is 1. The van der Waals surface area contributed by atoms with Crippen LogP contribution in [0.4, 0.5) is 17.3 Å². The highest BCUT2D eigenvalue weighted by Gasteiger charge is 2.22. The third kappa shape index (κ3) is 4.47. The fourth-order valence-corrected chi connectivity index (χ4v) is 4.56. The van der Waals surface area contributed by atoms with E-state index in [0.717, 1.165) is 42.9 Å². The average molecular weight is 494 g/mol. The van der Waals surface area contributed by atoms with E-state index in [1.165, 1.54) is 5.69 Å². The Bertz CT molecular complexity index is 1530. The molecule has 0 aliphatic carbocycles. The quantitative estimate of drug-likeness (QED) is 0.345. The fourth-order valence-electron chi connectivity index (χ4n) is 4.56. The van der Waals surface area contributed by atoms with Crippen molar-refractivity contribution >= 4 is 28.4 Å². The zero-order chi connectivity index (χ0) is 25.2. The Morgan fingerprint density at radius 3 is 2.24 bits per heavy atom. The minimum atomic E-state index is 0.406. The normalized spacial score (nSPS) is 13.6. The summed E-state index contributed by atoms with van der Waals surface area (Å²) < 4.78 is 13.7. The van der Waals surface area contributed by atoms with Crippen molar-refractivity contribution in [3.8, 4) is 23.3 Å². The Labute approximate surface area is 214 Å². The molecule has 6 rings (SSSR count). The zero-order valence-corrected chi connectivity index (χ0v) is 20.5. The van der Waals surface area contributed by atoms with Gasteiger partial charge in [-0.1, -0.05) is 24.3 Å². The molecule has 9 nitrogen and oxygen atoms in total. The van der Waals surface area contributed by atoms with Gasteiger partial charge in [0, 0.05) is 49.8 Å². The Balaban J connectivity index is 1.30. The maximum Gasteiger partial charge on any atom is 0.309 e. The smallest absolute Gasteiger partial charge is 0.309 e. The summed E-state index contributed by atoms with van der Waals surface area (Å²) in [7, 11) is 1.62. The predicted molar refractivity (Wildman–Crippen MR) is 145 cm³/mol. The van der Waals surface area contributed by atoms with Crippen LogP contribution in [0.2, 0.25) is 0 Å². The first-order valence-electron chi connectivity index (χ1n) is 12.2. The van der Waals surface area contributed by atoms with Crippen molar-refractivity contribution in [2.75, 3.05) is 48.8 Å². The number of methoxy groups -OCH3 is 1. The highest BCUT2D eigenvalue weighted by Crippen LogP contribution is 2.34. The van der Waals surface area contributed by atoms with Crippen molar-refractivity contribution in [2.45, 2.75) is 0 Å². The number of para-hydroxylation sites is 4. The fraction of sp³-hybridized carbons (Fsp3) is 0.179. The Kier molecular flexibility index (Phi) is 5.94. The van der Waals surface area contributed by atoms with E-state index in [9.17, 15) is 0 Å². The molecule has 2 N–H and O–H groups in total. The van der Waals surface area contributed by atoms with E-state index >= 15 is 0 Å². The Hall–Kier alpha value is -4.79. The number of aromatic nitrogens is 4. The van der Waals surface area contributed by atoms with Crippen LogP contribution in [0.5, 0.6) is 17.5 Å². The number of nitrogen functional groups attached to an aromatic ring is 1. The molecule has 37 heavy (non-hydrogen) atoms. The van der Waals surface area contributed by atoms with Crippen LogP contribution in [-0.4, -0.2) is 52.8 Å². The Morgan fingerprint density at radius 1 is 0.757 bits per heavy atom. The summed E-state index contributed by atoms with van der Waals surface area (Å²) in [5, 5.41) is 0. The largest absolute Gasteiger partial charge is 0.493 e. The molecular formula is C28H27N7O2. The molecule has 186 valence electrons. The number of anilines is 3. The third-order valence-electron chi connectivity index (χ3n) is 6.48. The zero-order valence-electron chi connectivity index (χ0n) is 20.5. The number of hydrogen-bond acceptors (Lipinski definition) is 8. The van der Waals surface area contributed by atoms with Crippen LogP contribution in [0.25, 0.3) is 16.9 Å². The average Bonchev–Trinajstić information content (AvgIpc) is 3.32. The molecule has 3 aromatic carbocycles. The summed E-state index contributed by atoms with van der Waals surface area (Å²) in [6.45, 7) is 3.35. The topological polar surface area (TPSA) is 94.6 Å². The van der Waals surface area contributed by atoms with Crippen LogP contribution < -0.4 is 25.0 Å². The lowest BCUT2D eigenvalue weighted by molar-refractivity contribution is 0.366. The van der Waals surface area contributed by atoms with E-state index in [-0.39, 0.29) is 0 Å². The van der Waals surface area contributed by atoms with Crippen molar-refractivity contribution in [2.24, 2.45) is 0 Å². The maximum atomic E-state index is 6.27. The number of fused-ring (bicyclic) bond motifs is 1. The van der Waals surface area contributed by atoms with Crippen molar-refractivity contribution in [1.29, 1.82) is 0 Å². The van der Waals surface area contributed by atoms with Gasteiger partial charge in [-0.2, -0.15) is 9.97 Å². The second-order valence-electron chi connectivity index (χ2n) is 8.75. The van der Waals surface area contributed by atoms with Gasteiger partial charge in [0.05, 0.1) is 18.1 Å². The van der Waals surface area contributed by atoms with Crippen LogP contribution in [0.15, 0.2) is 85.1 Å². The first-order chi connectivity index (χ1) is 18.2. The second kappa shape index (κ2) is 9.69. The van der Waals surface area contributed by atoms with Crippen molar-refractivity contribution in [1.82, 2.24) is 19.5 Å². The molecule has 1 aliphatic rings. The van der Waals surface area contributed by atoms with E-state index in [1.807, 2.05) is 71.3 Å². The first kappa shape index (κ1) is 22.7. The number of ether oxygens (including phenoxy) is 2. The van der Waals surface area contributed by atoms with Crippen LogP contribution in [0.1, 0.15) is 0 Å². The highest BCUT2D eigenvalue weighted by atomic mass is 16.5. The summed E-state index contributed by atoms with van der Waals surface area (Å²) in [5.74, 6) is 2.57. The number of nitrogens with zero attached hydrogens (tertiary/aromatic N) is 6. The lowest BCUT2D eigenvalue weighted by Crippen LogP contribution is -2.47. The summed E-state index contributed by atoms with van der Waals surface area (Å²) in [4.78, 5) is 18.8. The lowest BCUT2D eigenvalue weighted by Gasteiger charge is -2.36. The lowest BCUT2D eigenvalue weighted by atomic mass is 10.2. The molecular weight excluding hydrogens is 466 g/mol. The number of imidazole rings is 1. The number of rotatable bonds is 6. The minimum Gasteiger partial charge on any atom is -0.493 e. The number of hydrogen-bond donors (Lipinski definition) is 1. The molecule has 1 aliphatic heterocycles. The summed E-state index contributed by atoms with van der Waals surface area (Å²) in [5.41, 5.74) is 9.49. The first-order valence-corrected chi connectivity index (χ1v) is 12.2. The van der Waals surface area contributed by atoms with Gasteiger partial charge < -0.3 is 25.0 Å². The molecule has 0 radical (unpaired) electrons. The van der Waals surface area contributed by atoms with Crippen LogP contribution in [0, 0.1) is 0 Å². The third-order valence-corrected chi connectivity index (χ3v) is 6.48. The molecule has 9 heteroatoms. The molecule has 0 bridgehead atoms. The highest BCUT2D eigenvalue weighted by molar-refractivity contribution is 5.79. The minimum absolute atomic E-state index is 0.406. The van der Waals surface area contributed by atoms with E-state index in [4.69, 9.17) is 25.2 Å². The van der Waals surface area contributed by atoms with Crippen molar-refractivity contribution in [3.05, 3.63) is 85.1 Å². The molecule has 1 saturated heterocycles. The van der Waals surface area contributed by atoms with Gasteiger partial charge in [0.15, 0.2) is 11.5 Å². The van der Waals surface area contributed by atoms with Gasteiger partial charge in [-0.3, -0.25) is 0 Å². The van der Waals surface area contributed by atoms with Gasteiger partial charge in [-0.05, 0) is 48.5 Å². The molecule has 0 unspecified atom stereocenters. The van der Waals surface area contributed by atoms with Crippen LogP contribution in [0.3, 0.4) is 0 Å². The van der Waals surface area contributed by atoms with Gasteiger partial charge in [0.2, 0.25) is 5.95 Å². The van der Waals surface area contributed by atoms with E-state index < -0.39 is 0 Å². The molecule has 0 spiro atoms. The monoisotopic (exact) mass is 493 g/mol. The van der Waals surface area contributed by atoms with E-state index in [1.54, 1.807) is 13.3 Å². The molecule has 0 saturated carbocycles. The summed E-state index contributed by atoms with van der Waals surface area (Å²) >= 11 is 0. The molecule has 2 aromatic heterocycles. The second-order valence-corrected chi connectivity index (χ2v) is 8.75. The van der Waals surface area contributed by atoms with Gasteiger partial charge in [-0.25, -0.2) is 9.55 Å². The molecule has 0 amide bonds. The van der Waals surface area contributed by atoms with Crippen LogP contribution in [-0.2, 0) is 0 Å². The number of benzene rings is 3. The van der Waals surface area contributed by atoms with E-state index in [0.29, 0.717) is 29.3 Å². The molecule has 1 fully saturated rings. The summed E-state index contributed by atoms with van der Waals surface area (Å²) in [6, 6.07) is 25.7. The maximum absolute atomic E-state index is 6.27. The van der Waals surface area contributed by atoms with Crippen molar-refractivity contribution < 1.29 is 9.47 Å². The summed E-state index contributed by atoms with van der Waals surface area (Å²) in [6.07, 6.45) is 1.78. The van der Waals surface area contributed by atoms with Gasteiger partial charge in [0.1, 0.15) is 5.82 Å². The molecule has 3 heterocycles. The van der Waals surface area contributed by atoms with Crippen molar-refractivity contribution in [3.63, 3.8) is 0 Å². The van der Waals surface area contributed by atoms with Gasteiger partial charge in [0.25, 0.3) is 0 Å². The number of piperazine rings is 1. The SMILES string of the molecule is COc1ccccc1Oc1nc2ccccc2n1-c1ccnc(N2CCN(c3ccc(N)cc3)CC2)n1.